The minimum atomic E-state index is -1.22. The first kappa shape index (κ1) is 19.4. The number of hydrogen-bond donors (Lipinski definition) is 2. The predicted molar refractivity (Wildman–Crippen MR) is 103 cm³/mol. The fourth-order valence-electron chi connectivity index (χ4n) is 3.45. The number of nitrogens with one attached hydrogen (secondary N) is 1. The first-order valence-electron chi connectivity index (χ1n) is 8.95. The maximum atomic E-state index is 12.4. The Morgan fingerprint density at radius 3 is 2.11 bits per heavy atom. The predicted octanol–water partition coefficient (Wildman–Crippen LogP) is 2.46. The smallest absolute Gasteiger partial charge is 0.410 e. The maximum absolute atomic E-state index is 12.4. The van der Waals surface area contributed by atoms with E-state index >= 15 is 0 Å². The molecule has 7 heteroatoms. The summed E-state index contributed by atoms with van der Waals surface area (Å²) in [6, 6.07) is 14.7. The summed E-state index contributed by atoms with van der Waals surface area (Å²) >= 11 is 0. The highest BCUT2D eigenvalue weighted by Crippen LogP contribution is 2.44. The zero-order chi connectivity index (χ0) is 20.3. The second-order valence-corrected chi connectivity index (χ2v) is 6.71. The summed E-state index contributed by atoms with van der Waals surface area (Å²) in [6.45, 7) is 1.20. The van der Waals surface area contributed by atoms with Crippen LogP contribution < -0.4 is 5.32 Å². The summed E-state index contributed by atoms with van der Waals surface area (Å²) in [4.78, 5) is 35.9. The highest BCUT2D eigenvalue weighted by molar-refractivity contribution is 5.82. The van der Waals surface area contributed by atoms with Crippen molar-refractivity contribution in [1.29, 1.82) is 0 Å². The summed E-state index contributed by atoms with van der Waals surface area (Å²) < 4.78 is 5.45. The Morgan fingerprint density at radius 1 is 1.07 bits per heavy atom. The standard InChI is InChI=1S/C21H22N2O5/c1-13(24)22-11-19(20(25)26)23(2)21(27)28-12-18-16-9-5-3-7-14(16)15-8-4-6-10-17(15)18/h3-10,18-19H,11-12H2,1-2H3,(H,22,24)(H,25,26). The van der Waals surface area contributed by atoms with Gasteiger partial charge in [-0.1, -0.05) is 48.5 Å². The lowest BCUT2D eigenvalue weighted by atomic mass is 9.98. The average molecular weight is 382 g/mol. The van der Waals surface area contributed by atoms with Crippen molar-refractivity contribution in [3.63, 3.8) is 0 Å². The van der Waals surface area contributed by atoms with E-state index in [-0.39, 0.29) is 25.0 Å². The first-order chi connectivity index (χ1) is 13.4. The van der Waals surface area contributed by atoms with Crippen LogP contribution in [0.3, 0.4) is 0 Å². The molecule has 1 atom stereocenters. The first-order valence-corrected chi connectivity index (χ1v) is 8.95. The molecule has 0 heterocycles. The number of carboxylic acids is 1. The Labute approximate surface area is 162 Å². The number of nitrogens with zero attached hydrogens (tertiary/aromatic N) is 1. The number of aliphatic carboxylic acids is 1. The number of hydrogen-bond acceptors (Lipinski definition) is 4. The Hall–Kier alpha value is -3.35. The molecule has 1 aliphatic rings. The minimum absolute atomic E-state index is 0.101. The second-order valence-electron chi connectivity index (χ2n) is 6.71. The summed E-state index contributed by atoms with van der Waals surface area (Å²) in [5, 5.41) is 11.8. The zero-order valence-electron chi connectivity index (χ0n) is 15.7. The highest BCUT2D eigenvalue weighted by Gasteiger charge is 2.31. The van der Waals surface area contributed by atoms with Crippen molar-refractivity contribution in [3.05, 3.63) is 59.7 Å². The molecule has 3 rings (SSSR count). The Morgan fingerprint density at radius 2 is 1.61 bits per heavy atom. The van der Waals surface area contributed by atoms with E-state index in [9.17, 15) is 19.5 Å². The normalized spacial score (nSPS) is 13.2. The molecule has 2 amide bonds. The van der Waals surface area contributed by atoms with Crippen LogP contribution in [0.1, 0.15) is 24.0 Å². The summed E-state index contributed by atoms with van der Waals surface area (Å²) in [6.07, 6.45) is -0.750. The van der Waals surface area contributed by atoms with Crippen molar-refractivity contribution in [1.82, 2.24) is 10.2 Å². The molecule has 0 fully saturated rings. The number of ether oxygens (including phenoxy) is 1. The van der Waals surface area contributed by atoms with Crippen LogP contribution in [0.25, 0.3) is 11.1 Å². The molecule has 2 aromatic carbocycles. The molecular weight excluding hydrogens is 360 g/mol. The Kier molecular flexibility index (Phi) is 5.63. The zero-order valence-corrected chi connectivity index (χ0v) is 15.7. The number of carbonyl (C=O) groups is 3. The van der Waals surface area contributed by atoms with Crippen LogP contribution in [0.5, 0.6) is 0 Å². The van der Waals surface area contributed by atoms with E-state index in [4.69, 9.17) is 4.74 Å². The molecule has 0 bridgehead atoms. The third kappa shape index (κ3) is 3.83. The summed E-state index contributed by atoms with van der Waals surface area (Å²) in [5.74, 6) is -1.69. The van der Waals surface area contributed by atoms with E-state index < -0.39 is 18.1 Å². The maximum Gasteiger partial charge on any atom is 0.410 e. The van der Waals surface area contributed by atoms with Gasteiger partial charge in [0.1, 0.15) is 12.6 Å². The fraction of sp³-hybridized carbons (Fsp3) is 0.286. The van der Waals surface area contributed by atoms with Crippen molar-refractivity contribution < 1.29 is 24.2 Å². The minimum Gasteiger partial charge on any atom is -0.480 e. The number of benzene rings is 2. The lowest BCUT2D eigenvalue weighted by Crippen LogP contribution is -2.49. The summed E-state index contributed by atoms with van der Waals surface area (Å²) in [5.41, 5.74) is 4.38. The number of rotatable bonds is 6. The number of fused-ring (bicyclic) bond motifs is 3. The molecule has 0 saturated heterocycles. The van der Waals surface area contributed by atoms with E-state index in [1.54, 1.807) is 0 Å². The average Bonchev–Trinajstić information content (AvgIpc) is 2.99. The SMILES string of the molecule is CC(=O)NCC(C(=O)O)N(C)C(=O)OCC1c2ccccc2-c2ccccc21. The molecule has 1 unspecified atom stereocenters. The van der Waals surface area contributed by atoms with E-state index in [0.29, 0.717) is 0 Å². The van der Waals surface area contributed by atoms with Crippen LogP contribution in [-0.2, 0) is 14.3 Å². The van der Waals surface area contributed by atoms with Gasteiger partial charge in [0.15, 0.2) is 0 Å². The molecule has 28 heavy (non-hydrogen) atoms. The molecule has 0 radical (unpaired) electrons. The van der Waals surface area contributed by atoms with Gasteiger partial charge in [-0.15, -0.1) is 0 Å². The van der Waals surface area contributed by atoms with Crippen molar-refractivity contribution in [3.8, 4) is 11.1 Å². The summed E-state index contributed by atoms with van der Waals surface area (Å²) in [7, 11) is 1.35. The molecule has 1 aliphatic carbocycles. The largest absolute Gasteiger partial charge is 0.480 e. The molecule has 2 aromatic rings. The van der Waals surface area contributed by atoms with Gasteiger partial charge in [0.25, 0.3) is 0 Å². The number of likely N-dealkylation sites (N-methyl/N-ethyl adjacent to an activating group) is 1. The van der Waals surface area contributed by atoms with E-state index in [1.807, 2.05) is 48.5 Å². The van der Waals surface area contributed by atoms with Crippen molar-refractivity contribution in [2.75, 3.05) is 20.2 Å². The molecular formula is C21H22N2O5. The van der Waals surface area contributed by atoms with Crippen LogP contribution in [0.4, 0.5) is 4.79 Å². The van der Waals surface area contributed by atoms with Crippen molar-refractivity contribution in [2.24, 2.45) is 0 Å². The van der Waals surface area contributed by atoms with E-state index in [2.05, 4.69) is 5.32 Å². The van der Waals surface area contributed by atoms with E-state index in [1.165, 1.54) is 14.0 Å². The quantitative estimate of drug-likeness (QED) is 0.800. The van der Waals surface area contributed by atoms with Crippen LogP contribution >= 0.6 is 0 Å². The van der Waals surface area contributed by atoms with Crippen LogP contribution in [-0.4, -0.2) is 54.2 Å². The molecule has 7 nitrogen and oxygen atoms in total. The molecule has 2 N–H and O–H groups in total. The van der Waals surface area contributed by atoms with Crippen LogP contribution in [0.15, 0.2) is 48.5 Å². The topological polar surface area (TPSA) is 95.9 Å². The van der Waals surface area contributed by atoms with Gasteiger partial charge in [-0.05, 0) is 22.3 Å². The van der Waals surface area contributed by atoms with Gasteiger partial charge in [-0.25, -0.2) is 9.59 Å². The number of carbonyl (C=O) groups excluding carboxylic acids is 2. The number of amides is 2. The van der Waals surface area contributed by atoms with Crippen LogP contribution in [0.2, 0.25) is 0 Å². The fourth-order valence-corrected chi connectivity index (χ4v) is 3.45. The van der Waals surface area contributed by atoms with Crippen LogP contribution in [0, 0.1) is 0 Å². The monoisotopic (exact) mass is 382 g/mol. The van der Waals surface area contributed by atoms with Gasteiger partial charge in [-0.3, -0.25) is 9.69 Å². The molecule has 0 saturated carbocycles. The Balaban J connectivity index is 1.72. The third-order valence-corrected chi connectivity index (χ3v) is 4.92. The Bertz CT molecular complexity index is 866. The molecule has 0 aliphatic heterocycles. The van der Waals surface area contributed by atoms with Gasteiger partial charge in [-0.2, -0.15) is 0 Å². The molecule has 0 aromatic heterocycles. The highest BCUT2D eigenvalue weighted by atomic mass is 16.6. The molecule has 0 spiro atoms. The van der Waals surface area contributed by atoms with E-state index in [0.717, 1.165) is 27.2 Å². The van der Waals surface area contributed by atoms with Gasteiger partial charge in [0, 0.05) is 26.4 Å². The van der Waals surface area contributed by atoms with Gasteiger partial charge in [0.05, 0.1) is 0 Å². The molecule has 146 valence electrons. The van der Waals surface area contributed by atoms with Gasteiger partial charge < -0.3 is 15.2 Å². The lowest BCUT2D eigenvalue weighted by Gasteiger charge is -2.25. The van der Waals surface area contributed by atoms with Gasteiger partial charge >= 0.3 is 12.1 Å². The number of carboxylic acid groups (broad SMARTS) is 1. The second kappa shape index (κ2) is 8.12. The van der Waals surface area contributed by atoms with Gasteiger partial charge in [0.2, 0.25) is 5.91 Å². The third-order valence-electron chi connectivity index (χ3n) is 4.92. The lowest BCUT2D eigenvalue weighted by molar-refractivity contribution is -0.142. The van der Waals surface area contributed by atoms with Crippen molar-refractivity contribution >= 4 is 18.0 Å². The van der Waals surface area contributed by atoms with Crippen molar-refractivity contribution in [2.45, 2.75) is 18.9 Å².